The maximum atomic E-state index is 13.7. The van der Waals surface area contributed by atoms with E-state index in [0.717, 1.165) is 71.7 Å². The number of hydrogen-bond donors (Lipinski definition) is 0. The lowest BCUT2D eigenvalue weighted by Crippen LogP contribution is -2.49. The summed E-state index contributed by atoms with van der Waals surface area (Å²) >= 11 is 0. The summed E-state index contributed by atoms with van der Waals surface area (Å²) in [4.78, 5) is 27.5. The number of amides is 1. The molecular weight excluding hydrogens is 503 g/mol. The van der Waals surface area contributed by atoms with Crippen LogP contribution in [0.25, 0.3) is 16.7 Å². The fourth-order valence-electron chi connectivity index (χ4n) is 5.45. The van der Waals surface area contributed by atoms with Crippen molar-refractivity contribution in [3.63, 3.8) is 0 Å². The Morgan fingerprint density at radius 2 is 1.65 bits per heavy atom. The molecule has 1 amide bonds. The first-order chi connectivity index (χ1) is 19.4. The molecule has 2 aromatic heterocycles. The first-order valence-corrected chi connectivity index (χ1v) is 14.6. The van der Waals surface area contributed by atoms with Crippen molar-refractivity contribution in [2.75, 3.05) is 31.1 Å². The van der Waals surface area contributed by atoms with Gasteiger partial charge in [0.05, 0.1) is 16.8 Å². The summed E-state index contributed by atoms with van der Waals surface area (Å²) < 4.78 is 15.4. The summed E-state index contributed by atoms with van der Waals surface area (Å²) in [6.07, 6.45) is 5.39. The lowest BCUT2D eigenvalue weighted by molar-refractivity contribution is 0.0746. The van der Waals surface area contributed by atoms with Crippen LogP contribution in [-0.4, -0.2) is 56.7 Å². The number of rotatable bonds is 9. The van der Waals surface area contributed by atoms with Crippen molar-refractivity contribution in [1.29, 1.82) is 0 Å². The van der Waals surface area contributed by atoms with Gasteiger partial charge in [-0.15, -0.1) is 0 Å². The predicted octanol–water partition coefficient (Wildman–Crippen LogP) is 6.47. The van der Waals surface area contributed by atoms with Gasteiger partial charge in [-0.2, -0.15) is 5.10 Å². The van der Waals surface area contributed by atoms with Gasteiger partial charge in [0.2, 0.25) is 0 Å². The minimum atomic E-state index is -0.288. The molecule has 4 aromatic rings. The normalized spacial score (nSPS) is 14.6. The highest BCUT2D eigenvalue weighted by atomic mass is 19.1. The van der Waals surface area contributed by atoms with E-state index in [0.29, 0.717) is 26.2 Å². The zero-order valence-electron chi connectivity index (χ0n) is 24.0. The summed E-state index contributed by atoms with van der Waals surface area (Å²) in [5.74, 6) is 1.63. The van der Waals surface area contributed by atoms with E-state index in [9.17, 15) is 9.18 Å². The van der Waals surface area contributed by atoms with Gasteiger partial charge >= 0.3 is 0 Å². The van der Waals surface area contributed by atoms with Crippen LogP contribution in [0.2, 0.25) is 0 Å². The number of piperazine rings is 1. The van der Waals surface area contributed by atoms with Crippen LogP contribution in [0, 0.1) is 12.7 Å². The number of halogens is 1. The van der Waals surface area contributed by atoms with E-state index in [1.165, 1.54) is 17.7 Å². The minimum Gasteiger partial charge on any atom is -0.352 e. The first-order valence-electron chi connectivity index (χ1n) is 14.6. The number of fused-ring (bicyclic) bond motifs is 1. The molecule has 40 heavy (non-hydrogen) atoms. The molecule has 0 saturated carbocycles. The van der Waals surface area contributed by atoms with Crippen molar-refractivity contribution in [3.05, 3.63) is 77.0 Å². The number of nitrogens with zero attached hydrogens (tertiary/aromatic N) is 6. The van der Waals surface area contributed by atoms with E-state index in [4.69, 9.17) is 15.1 Å². The maximum absolute atomic E-state index is 13.7. The molecule has 0 aliphatic carbocycles. The second kappa shape index (κ2) is 12.1. The van der Waals surface area contributed by atoms with Crippen molar-refractivity contribution in [3.8, 4) is 5.69 Å². The van der Waals surface area contributed by atoms with E-state index in [1.807, 2.05) is 24.0 Å². The second-order valence-electron chi connectivity index (χ2n) is 10.8. The van der Waals surface area contributed by atoms with Crippen molar-refractivity contribution in [2.24, 2.45) is 0 Å². The van der Waals surface area contributed by atoms with Crippen LogP contribution in [0.5, 0.6) is 0 Å². The highest BCUT2D eigenvalue weighted by molar-refractivity contribution is 5.95. The Balaban J connectivity index is 1.42. The summed E-state index contributed by atoms with van der Waals surface area (Å²) in [5.41, 5.74) is 4.33. The number of aromatic nitrogens is 4. The average molecular weight is 543 g/mol. The van der Waals surface area contributed by atoms with Crippen molar-refractivity contribution < 1.29 is 9.18 Å². The molecule has 1 aliphatic heterocycles. The van der Waals surface area contributed by atoms with Crippen molar-refractivity contribution >= 4 is 22.8 Å². The number of carbonyl (C=O) groups is 1. The molecule has 1 aliphatic rings. The Morgan fingerprint density at radius 3 is 2.30 bits per heavy atom. The molecule has 210 valence electrons. The standard InChI is InChI=1S/C32H39FN6O/c1-5-7-9-24-10-12-25(13-11-24)32(40)38-20-18-37(19-21-38)30-28-23(4)36-39(27-16-14-26(33)15-17-27)31(28)35-29(34-30)22(3)8-6-2/h10-17,22H,5-9,18-21H2,1-4H3/t22-/m0/s1. The van der Waals surface area contributed by atoms with Gasteiger partial charge in [-0.25, -0.2) is 19.0 Å². The predicted molar refractivity (Wildman–Crippen MR) is 158 cm³/mol. The second-order valence-corrected chi connectivity index (χ2v) is 10.8. The van der Waals surface area contributed by atoms with Crippen molar-refractivity contribution in [2.45, 2.75) is 65.7 Å². The summed E-state index contributed by atoms with van der Waals surface area (Å²) in [6, 6.07) is 14.4. The highest BCUT2D eigenvalue weighted by Gasteiger charge is 2.27. The Bertz CT molecular complexity index is 1460. The number of anilines is 1. The lowest BCUT2D eigenvalue weighted by atomic mass is 10.1. The molecule has 0 spiro atoms. The quantitative estimate of drug-likeness (QED) is 0.242. The first kappa shape index (κ1) is 27.7. The number of unbranched alkanes of at least 4 members (excludes halogenated alkanes) is 1. The molecule has 7 nitrogen and oxygen atoms in total. The van der Waals surface area contributed by atoms with Gasteiger partial charge in [0.25, 0.3) is 5.91 Å². The molecule has 2 aromatic carbocycles. The molecule has 5 rings (SSSR count). The number of benzene rings is 2. The Morgan fingerprint density at radius 1 is 0.950 bits per heavy atom. The van der Waals surface area contributed by atoms with Gasteiger partial charge in [-0.05, 0) is 68.1 Å². The van der Waals surface area contributed by atoms with Gasteiger partial charge in [0.1, 0.15) is 17.5 Å². The third-order valence-electron chi connectivity index (χ3n) is 7.82. The number of hydrogen-bond acceptors (Lipinski definition) is 5. The maximum Gasteiger partial charge on any atom is 0.253 e. The van der Waals surface area contributed by atoms with Crippen LogP contribution >= 0.6 is 0 Å². The molecule has 3 heterocycles. The van der Waals surface area contributed by atoms with Gasteiger partial charge in [-0.1, -0.05) is 45.7 Å². The van der Waals surface area contributed by atoms with E-state index in [1.54, 1.807) is 16.8 Å². The van der Waals surface area contributed by atoms with Crippen LogP contribution in [0.3, 0.4) is 0 Å². The van der Waals surface area contributed by atoms with Gasteiger partial charge < -0.3 is 9.80 Å². The van der Waals surface area contributed by atoms with Gasteiger partial charge in [0, 0.05) is 37.7 Å². The summed E-state index contributed by atoms with van der Waals surface area (Å²) in [7, 11) is 0. The lowest BCUT2D eigenvalue weighted by Gasteiger charge is -2.36. The third-order valence-corrected chi connectivity index (χ3v) is 7.82. The molecule has 1 atom stereocenters. The largest absolute Gasteiger partial charge is 0.352 e. The molecule has 8 heteroatoms. The van der Waals surface area contributed by atoms with E-state index < -0.39 is 0 Å². The smallest absolute Gasteiger partial charge is 0.253 e. The zero-order valence-corrected chi connectivity index (χ0v) is 24.0. The van der Waals surface area contributed by atoms with E-state index in [2.05, 4.69) is 37.8 Å². The Labute approximate surface area is 236 Å². The molecule has 0 bridgehead atoms. The highest BCUT2D eigenvalue weighted by Crippen LogP contribution is 2.32. The molecule has 1 fully saturated rings. The van der Waals surface area contributed by atoms with Crippen LogP contribution in [0.15, 0.2) is 48.5 Å². The number of carbonyl (C=O) groups excluding carboxylic acids is 1. The SMILES string of the molecule is CCCCc1ccc(C(=O)N2CCN(c3nc([C@@H](C)CCC)nc4c3c(C)nn4-c3ccc(F)cc3)CC2)cc1. The third kappa shape index (κ3) is 5.71. The average Bonchev–Trinajstić information content (AvgIpc) is 3.32. The van der Waals surface area contributed by atoms with Crippen LogP contribution in [0.1, 0.15) is 79.8 Å². The number of aryl methyl sites for hydroxylation is 2. The Kier molecular flexibility index (Phi) is 8.43. The van der Waals surface area contributed by atoms with Crippen LogP contribution in [0.4, 0.5) is 10.2 Å². The Hall–Kier alpha value is -3.81. The fraction of sp³-hybridized carbons (Fsp3) is 0.438. The monoisotopic (exact) mass is 542 g/mol. The molecule has 0 unspecified atom stereocenters. The van der Waals surface area contributed by atoms with Crippen LogP contribution < -0.4 is 4.90 Å². The van der Waals surface area contributed by atoms with E-state index >= 15 is 0 Å². The molecule has 1 saturated heterocycles. The fourth-order valence-corrected chi connectivity index (χ4v) is 5.45. The van der Waals surface area contributed by atoms with Crippen LogP contribution in [-0.2, 0) is 6.42 Å². The summed E-state index contributed by atoms with van der Waals surface area (Å²) in [5, 5.41) is 5.70. The van der Waals surface area contributed by atoms with Gasteiger partial charge in [0.15, 0.2) is 5.65 Å². The van der Waals surface area contributed by atoms with E-state index in [-0.39, 0.29) is 17.6 Å². The molecule has 0 N–H and O–H groups in total. The zero-order chi connectivity index (χ0) is 28.2. The minimum absolute atomic E-state index is 0.0760. The summed E-state index contributed by atoms with van der Waals surface area (Å²) in [6.45, 7) is 11.1. The van der Waals surface area contributed by atoms with Gasteiger partial charge in [-0.3, -0.25) is 4.79 Å². The van der Waals surface area contributed by atoms with Crippen molar-refractivity contribution in [1.82, 2.24) is 24.6 Å². The topological polar surface area (TPSA) is 67.2 Å². The molecule has 0 radical (unpaired) electrons. The molecular formula is C32H39FN6O.